The Morgan fingerprint density at radius 3 is 2.93 bits per heavy atom. The number of carbonyl (C=O) groups excluding carboxylic acids is 1. The fourth-order valence-corrected chi connectivity index (χ4v) is 3.91. The molecule has 1 aromatic heterocycles. The molecule has 1 atom stereocenters. The monoisotopic (exact) mass is 395 g/mol. The van der Waals surface area contributed by atoms with Crippen LogP contribution in [0, 0.1) is 0 Å². The number of nitrogens with zero attached hydrogens (tertiary/aromatic N) is 3. The van der Waals surface area contributed by atoms with E-state index in [9.17, 15) is 4.79 Å². The number of carbonyl (C=O) groups is 1. The third-order valence-electron chi connectivity index (χ3n) is 4.92. The van der Waals surface area contributed by atoms with Crippen LogP contribution < -0.4 is 14.4 Å². The Morgan fingerprint density at radius 2 is 2.04 bits per heavy atom. The van der Waals surface area contributed by atoms with Crippen LogP contribution in [0.5, 0.6) is 11.5 Å². The van der Waals surface area contributed by atoms with Gasteiger partial charge in [-0.25, -0.2) is 0 Å². The molecule has 0 radical (unpaired) electrons. The van der Waals surface area contributed by atoms with Crippen molar-refractivity contribution in [1.29, 1.82) is 0 Å². The van der Waals surface area contributed by atoms with Gasteiger partial charge in [0.15, 0.2) is 17.3 Å². The van der Waals surface area contributed by atoms with Crippen molar-refractivity contribution in [3.05, 3.63) is 48.3 Å². The summed E-state index contributed by atoms with van der Waals surface area (Å²) in [6, 6.07) is 13.5. The summed E-state index contributed by atoms with van der Waals surface area (Å²) in [4.78, 5) is 20.0. The van der Waals surface area contributed by atoms with E-state index in [2.05, 4.69) is 10.1 Å². The quantitative estimate of drug-likeness (QED) is 0.623. The average molecular weight is 395 g/mol. The first-order valence-corrected chi connectivity index (χ1v) is 10.1. The number of amides is 1. The van der Waals surface area contributed by atoms with Gasteiger partial charge in [-0.05, 0) is 42.7 Å². The number of hydrogen-bond acceptors (Lipinski definition) is 7. The molecule has 0 bridgehead atoms. The second kappa shape index (κ2) is 6.87. The summed E-state index contributed by atoms with van der Waals surface area (Å²) >= 11 is 1.65. The minimum Gasteiger partial charge on any atom is -0.454 e. The third kappa shape index (κ3) is 2.99. The molecular formula is C20H17N3O4S. The zero-order valence-corrected chi connectivity index (χ0v) is 15.9. The molecule has 1 unspecified atom stereocenters. The lowest BCUT2D eigenvalue weighted by Gasteiger charge is -2.16. The standard InChI is InChI=1S/C20H17N3O4S/c1-28-15-4-2-3-14(9-15)23-10-13(8-18(23)24)19-21-20(27-22-19)12-5-6-16-17(7-12)26-11-25-16/h2-7,9,13H,8,10-11H2,1H3. The lowest BCUT2D eigenvalue weighted by atomic mass is 10.1. The second-order valence-corrected chi connectivity index (χ2v) is 7.51. The minimum absolute atomic E-state index is 0.0673. The summed E-state index contributed by atoms with van der Waals surface area (Å²) in [5.41, 5.74) is 1.66. The van der Waals surface area contributed by atoms with Crippen LogP contribution in [0.15, 0.2) is 51.9 Å². The number of ether oxygens (including phenoxy) is 2. The van der Waals surface area contributed by atoms with E-state index in [1.807, 2.05) is 48.7 Å². The summed E-state index contributed by atoms with van der Waals surface area (Å²) in [6.45, 7) is 0.752. The molecule has 3 heterocycles. The first-order chi connectivity index (χ1) is 13.7. The number of fused-ring (bicyclic) bond motifs is 1. The van der Waals surface area contributed by atoms with Crippen molar-refractivity contribution in [3.8, 4) is 23.0 Å². The van der Waals surface area contributed by atoms with E-state index < -0.39 is 0 Å². The summed E-state index contributed by atoms with van der Waals surface area (Å²) in [6.07, 6.45) is 2.38. The summed E-state index contributed by atoms with van der Waals surface area (Å²) in [7, 11) is 0. The van der Waals surface area contributed by atoms with Gasteiger partial charge in [-0.2, -0.15) is 4.98 Å². The van der Waals surface area contributed by atoms with Crippen molar-refractivity contribution in [2.45, 2.75) is 17.2 Å². The van der Waals surface area contributed by atoms with Crippen LogP contribution in [-0.4, -0.2) is 35.6 Å². The maximum absolute atomic E-state index is 12.6. The van der Waals surface area contributed by atoms with Gasteiger partial charge in [0.05, 0.1) is 0 Å². The summed E-state index contributed by atoms with van der Waals surface area (Å²) < 4.78 is 16.2. The Hall–Kier alpha value is -3.00. The number of hydrogen-bond donors (Lipinski definition) is 0. The van der Waals surface area contributed by atoms with Crippen molar-refractivity contribution >= 4 is 23.4 Å². The van der Waals surface area contributed by atoms with Crippen LogP contribution in [0.2, 0.25) is 0 Å². The van der Waals surface area contributed by atoms with Gasteiger partial charge in [-0.1, -0.05) is 11.2 Å². The Labute approximate surface area is 165 Å². The van der Waals surface area contributed by atoms with Gasteiger partial charge in [0.25, 0.3) is 5.89 Å². The number of benzene rings is 2. The van der Waals surface area contributed by atoms with Gasteiger partial charge >= 0.3 is 0 Å². The molecule has 8 heteroatoms. The molecule has 1 amide bonds. The molecule has 142 valence electrons. The largest absolute Gasteiger partial charge is 0.454 e. The molecule has 2 aliphatic rings. The van der Waals surface area contributed by atoms with Crippen LogP contribution in [-0.2, 0) is 4.79 Å². The molecule has 3 aromatic rings. The zero-order valence-electron chi connectivity index (χ0n) is 15.1. The van der Waals surface area contributed by atoms with Crippen molar-refractivity contribution in [1.82, 2.24) is 10.1 Å². The fraction of sp³-hybridized carbons (Fsp3) is 0.250. The van der Waals surface area contributed by atoms with E-state index in [1.54, 1.807) is 16.7 Å². The van der Waals surface area contributed by atoms with Crippen molar-refractivity contribution < 1.29 is 18.8 Å². The van der Waals surface area contributed by atoms with Crippen LogP contribution >= 0.6 is 11.8 Å². The number of anilines is 1. The molecular weight excluding hydrogens is 378 g/mol. The Bertz CT molecular complexity index is 1050. The lowest BCUT2D eigenvalue weighted by molar-refractivity contribution is -0.117. The predicted octanol–water partition coefficient (Wildman–Crippen LogP) is 3.71. The molecule has 0 saturated carbocycles. The van der Waals surface area contributed by atoms with E-state index in [4.69, 9.17) is 14.0 Å². The Balaban J connectivity index is 1.37. The van der Waals surface area contributed by atoms with Crippen molar-refractivity contribution in [2.24, 2.45) is 0 Å². The van der Waals surface area contributed by atoms with Gasteiger partial charge in [0, 0.05) is 35.0 Å². The highest BCUT2D eigenvalue weighted by atomic mass is 32.2. The molecule has 1 fully saturated rings. The second-order valence-electron chi connectivity index (χ2n) is 6.63. The predicted molar refractivity (Wildman–Crippen MR) is 104 cm³/mol. The normalized spacial score (nSPS) is 18.1. The molecule has 2 aliphatic heterocycles. The first kappa shape index (κ1) is 17.1. The highest BCUT2D eigenvalue weighted by molar-refractivity contribution is 7.98. The van der Waals surface area contributed by atoms with Crippen molar-refractivity contribution in [2.75, 3.05) is 24.5 Å². The third-order valence-corrected chi connectivity index (χ3v) is 5.64. The summed E-state index contributed by atoms with van der Waals surface area (Å²) in [5, 5.41) is 4.12. The van der Waals surface area contributed by atoms with Crippen LogP contribution in [0.25, 0.3) is 11.5 Å². The SMILES string of the molecule is CSc1cccc(N2CC(c3noc(-c4ccc5c(c4)OCO5)n3)CC2=O)c1. The Kier molecular flexibility index (Phi) is 4.20. The summed E-state index contributed by atoms with van der Waals surface area (Å²) in [5.74, 6) is 2.28. The maximum atomic E-state index is 12.6. The van der Waals surface area contributed by atoms with Gasteiger partial charge < -0.3 is 18.9 Å². The van der Waals surface area contributed by atoms with E-state index in [0.717, 1.165) is 16.1 Å². The highest BCUT2D eigenvalue weighted by Gasteiger charge is 2.34. The first-order valence-electron chi connectivity index (χ1n) is 8.89. The van der Waals surface area contributed by atoms with Gasteiger partial charge in [-0.3, -0.25) is 4.79 Å². The molecule has 0 aliphatic carbocycles. The van der Waals surface area contributed by atoms with E-state index >= 15 is 0 Å². The smallest absolute Gasteiger partial charge is 0.258 e. The van der Waals surface area contributed by atoms with E-state index in [-0.39, 0.29) is 18.6 Å². The highest BCUT2D eigenvalue weighted by Crippen LogP contribution is 2.37. The molecule has 7 nitrogen and oxygen atoms in total. The maximum Gasteiger partial charge on any atom is 0.258 e. The van der Waals surface area contributed by atoms with Crippen molar-refractivity contribution in [3.63, 3.8) is 0 Å². The molecule has 0 spiro atoms. The van der Waals surface area contributed by atoms with E-state index in [1.165, 1.54) is 0 Å². The Morgan fingerprint density at radius 1 is 1.14 bits per heavy atom. The molecule has 0 N–H and O–H groups in total. The van der Waals surface area contributed by atoms with Gasteiger partial charge in [-0.15, -0.1) is 11.8 Å². The molecule has 1 saturated heterocycles. The zero-order chi connectivity index (χ0) is 19.1. The van der Waals surface area contributed by atoms with Crippen LogP contribution in [0.3, 0.4) is 0 Å². The lowest BCUT2D eigenvalue weighted by Crippen LogP contribution is -2.24. The van der Waals surface area contributed by atoms with Gasteiger partial charge in [0.2, 0.25) is 12.7 Å². The number of thioether (sulfide) groups is 1. The number of aromatic nitrogens is 2. The average Bonchev–Trinajstić information content (AvgIpc) is 3.46. The minimum atomic E-state index is -0.100. The topological polar surface area (TPSA) is 77.7 Å². The fourth-order valence-electron chi connectivity index (χ4n) is 3.46. The molecule has 28 heavy (non-hydrogen) atoms. The van der Waals surface area contributed by atoms with E-state index in [0.29, 0.717) is 36.2 Å². The van der Waals surface area contributed by atoms with Crippen LogP contribution in [0.4, 0.5) is 5.69 Å². The number of rotatable bonds is 4. The molecule has 2 aromatic carbocycles. The molecule has 5 rings (SSSR count). The van der Waals surface area contributed by atoms with Gasteiger partial charge in [0.1, 0.15) is 0 Å². The van der Waals surface area contributed by atoms with Crippen LogP contribution in [0.1, 0.15) is 18.2 Å².